The van der Waals surface area contributed by atoms with E-state index in [9.17, 15) is 0 Å². The number of hydrogen-bond acceptors (Lipinski definition) is 2. The van der Waals surface area contributed by atoms with Crippen LogP contribution in [0.1, 0.15) is 5.56 Å². The smallest absolute Gasteiger partial charge is 0.138 e. The maximum absolute atomic E-state index is 6.02. The Balaban J connectivity index is 2.09. The van der Waals surface area contributed by atoms with Crippen LogP contribution in [0.5, 0.6) is 5.75 Å². The molecule has 0 spiro atoms. The Morgan fingerprint density at radius 3 is 2.83 bits per heavy atom. The van der Waals surface area contributed by atoms with E-state index in [1.165, 1.54) is 0 Å². The number of benzene rings is 1. The molecule has 0 heterocycles. The molecule has 0 aliphatic carbocycles. The summed E-state index contributed by atoms with van der Waals surface area (Å²) < 4.78 is 11.0. The lowest BCUT2D eigenvalue weighted by Gasteiger charge is -2.09. The highest BCUT2D eigenvalue weighted by Gasteiger charge is 2.01. The fraction of sp³-hybridized carbons (Fsp3) is 0.538. The van der Waals surface area contributed by atoms with Gasteiger partial charge in [-0.3, -0.25) is 0 Å². The zero-order chi connectivity index (χ0) is 13.2. The Morgan fingerprint density at radius 1 is 1.22 bits per heavy atom. The predicted octanol–water partition coefficient (Wildman–Crippen LogP) is -0.151. The van der Waals surface area contributed by atoms with E-state index in [-0.39, 0.29) is 0 Å². The lowest BCUT2D eigenvalue weighted by molar-refractivity contribution is -0.671. The molecule has 1 aromatic rings. The standard InChI is InChI=1S/C13H21ClN2O2/c1-11-2-3-12(14)13(10-11)18-9-8-17-7-6-16-5-4-15/h2-3,10,16H,4-9,15H2,1H3/p+2. The molecular formula is C13H23ClN2O2+2. The first-order valence-corrected chi connectivity index (χ1v) is 6.69. The van der Waals surface area contributed by atoms with Crippen molar-refractivity contribution in [2.75, 3.05) is 39.5 Å². The number of hydrogen-bond donors (Lipinski definition) is 2. The van der Waals surface area contributed by atoms with E-state index in [1.54, 1.807) is 0 Å². The summed E-state index contributed by atoms with van der Waals surface area (Å²) >= 11 is 6.02. The molecule has 1 rings (SSSR count). The molecule has 5 heteroatoms. The van der Waals surface area contributed by atoms with Crippen molar-refractivity contribution < 1.29 is 20.5 Å². The van der Waals surface area contributed by atoms with Crippen molar-refractivity contribution in [3.8, 4) is 5.75 Å². The summed E-state index contributed by atoms with van der Waals surface area (Å²) in [5.41, 5.74) is 4.91. The van der Waals surface area contributed by atoms with Crippen LogP contribution in [0.2, 0.25) is 5.02 Å². The van der Waals surface area contributed by atoms with Crippen molar-refractivity contribution >= 4 is 11.6 Å². The molecule has 0 atom stereocenters. The van der Waals surface area contributed by atoms with Gasteiger partial charge in [-0.2, -0.15) is 0 Å². The molecule has 102 valence electrons. The molecule has 0 fully saturated rings. The van der Waals surface area contributed by atoms with E-state index < -0.39 is 0 Å². The maximum atomic E-state index is 6.02. The van der Waals surface area contributed by atoms with Crippen LogP contribution in [-0.4, -0.2) is 39.5 Å². The Kier molecular flexibility index (Phi) is 7.76. The van der Waals surface area contributed by atoms with Crippen molar-refractivity contribution in [2.24, 2.45) is 0 Å². The second-order valence-corrected chi connectivity index (χ2v) is 4.52. The van der Waals surface area contributed by atoms with Gasteiger partial charge in [-0.15, -0.1) is 0 Å². The van der Waals surface area contributed by atoms with E-state index in [2.05, 4.69) is 11.1 Å². The molecule has 0 saturated carbocycles. The van der Waals surface area contributed by atoms with Crippen LogP contribution in [0.15, 0.2) is 18.2 Å². The van der Waals surface area contributed by atoms with Gasteiger partial charge in [0.25, 0.3) is 0 Å². The van der Waals surface area contributed by atoms with Gasteiger partial charge < -0.3 is 20.5 Å². The SMILES string of the molecule is Cc1ccc(Cl)c(OCCOCC[NH2+]CC[NH3+])c1. The molecular weight excluding hydrogens is 252 g/mol. The highest BCUT2D eigenvalue weighted by atomic mass is 35.5. The van der Waals surface area contributed by atoms with Gasteiger partial charge >= 0.3 is 0 Å². The first kappa shape index (κ1) is 15.2. The molecule has 1 aromatic carbocycles. The van der Waals surface area contributed by atoms with Gasteiger partial charge in [0.2, 0.25) is 0 Å². The van der Waals surface area contributed by atoms with E-state index in [0.29, 0.717) is 18.2 Å². The van der Waals surface area contributed by atoms with E-state index in [1.807, 2.05) is 25.1 Å². The highest BCUT2D eigenvalue weighted by Crippen LogP contribution is 2.24. The summed E-state index contributed by atoms with van der Waals surface area (Å²) in [5.74, 6) is 0.726. The molecule has 18 heavy (non-hydrogen) atoms. The summed E-state index contributed by atoms with van der Waals surface area (Å²) in [6.45, 7) is 6.85. The molecule has 0 aliphatic heterocycles. The average molecular weight is 275 g/mol. The van der Waals surface area contributed by atoms with E-state index >= 15 is 0 Å². The average Bonchev–Trinajstić information content (AvgIpc) is 2.36. The summed E-state index contributed by atoms with van der Waals surface area (Å²) in [7, 11) is 0. The summed E-state index contributed by atoms with van der Waals surface area (Å²) in [6.07, 6.45) is 0. The monoisotopic (exact) mass is 274 g/mol. The molecule has 4 nitrogen and oxygen atoms in total. The Bertz CT molecular complexity index is 348. The molecule has 0 saturated heterocycles. The lowest BCUT2D eigenvalue weighted by Crippen LogP contribution is -2.88. The summed E-state index contributed by atoms with van der Waals surface area (Å²) in [4.78, 5) is 0. The van der Waals surface area contributed by atoms with Crippen LogP contribution in [0.25, 0.3) is 0 Å². The van der Waals surface area contributed by atoms with Crippen LogP contribution in [0.4, 0.5) is 0 Å². The second kappa shape index (κ2) is 9.16. The maximum Gasteiger partial charge on any atom is 0.138 e. The van der Waals surface area contributed by atoms with E-state index in [4.69, 9.17) is 21.1 Å². The minimum absolute atomic E-state index is 0.526. The van der Waals surface area contributed by atoms with Crippen molar-refractivity contribution in [1.82, 2.24) is 0 Å². The van der Waals surface area contributed by atoms with Crippen molar-refractivity contribution in [1.29, 1.82) is 0 Å². The summed E-state index contributed by atoms with van der Waals surface area (Å²) in [5, 5.41) is 2.84. The van der Waals surface area contributed by atoms with Gasteiger partial charge in [-0.05, 0) is 24.6 Å². The number of nitrogens with two attached hydrogens (primary N) is 1. The largest absolute Gasteiger partial charge is 0.490 e. The third-order valence-corrected chi connectivity index (χ3v) is 2.76. The lowest BCUT2D eigenvalue weighted by atomic mass is 10.2. The van der Waals surface area contributed by atoms with Crippen LogP contribution < -0.4 is 15.8 Å². The molecule has 0 bridgehead atoms. The van der Waals surface area contributed by atoms with Gasteiger partial charge in [-0.25, -0.2) is 0 Å². The second-order valence-electron chi connectivity index (χ2n) is 4.11. The van der Waals surface area contributed by atoms with Gasteiger partial charge in [0.15, 0.2) is 0 Å². The quantitative estimate of drug-likeness (QED) is 0.615. The topological polar surface area (TPSA) is 62.7 Å². The molecule has 0 unspecified atom stereocenters. The third kappa shape index (κ3) is 6.21. The third-order valence-electron chi connectivity index (χ3n) is 2.45. The van der Waals surface area contributed by atoms with Crippen LogP contribution in [0, 0.1) is 6.92 Å². The first-order valence-electron chi connectivity index (χ1n) is 6.31. The van der Waals surface area contributed by atoms with Crippen LogP contribution in [0.3, 0.4) is 0 Å². The number of ether oxygens (including phenoxy) is 2. The van der Waals surface area contributed by atoms with Gasteiger partial charge in [-0.1, -0.05) is 17.7 Å². The summed E-state index contributed by atoms with van der Waals surface area (Å²) in [6, 6.07) is 5.75. The molecule has 0 radical (unpaired) electrons. The van der Waals surface area contributed by atoms with Crippen molar-refractivity contribution in [3.63, 3.8) is 0 Å². The van der Waals surface area contributed by atoms with Crippen LogP contribution >= 0.6 is 11.6 Å². The molecule has 0 aliphatic rings. The number of quaternary nitrogens is 2. The molecule has 5 N–H and O–H groups in total. The van der Waals surface area contributed by atoms with E-state index in [0.717, 1.165) is 37.6 Å². The fourth-order valence-corrected chi connectivity index (χ4v) is 1.66. The van der Waals surface area contributed by atoms with Crippen molar-refractivity contribution in [2.45, 2.75) is 6.92 Å². The minimum Gasteiger partial charge on any atom is -0.490 e. The predicted molar refractivity (Wildman–Crippen MR) is 71.9 cm³/mol. The first-order chi connectivity index (χ1) is 8.74. The Morgan fingerprint density at radius 2 is 2.06 bits per heavy atom. The van der Waals surface area contributed by atoms with Crippen LogP contribution in [-0.2, 0) is 4.74 Å². The Hall–Kier alpha value is -0.810. The molecule has 0 amide bonds. The van der Waals surface area contributed by atoms with Gasteiger partial charge in [0.1, 0.15) is 25.4 Å². The number of rotatable bonds is 9. The fourth-order valence-electron chi connectivity index (χ4n) is 1.49. The number of aryl methyl sites for hydroxylation is 1. The van der Waals surface area contributed by atoms with Gasteiger partial charge in [0.05, 0.1) is 24.8 Å². The zero-order valence-corrected chi connectivity index (χ0v) is 11.7. The van der Waals surface area contributed by atoms with Crippen molar-refractivity contribution in [3.05, 3.63) is 28.8 Å². The normalized spacial score (nSPS) is 10.6. The van der Waals surface area contributed by atoms with Gasteiger partial charge in [0, 0.05) is 0 Å². The number of halogens is 1. The minimum atomic E-state index is 0.526. The highest BCUT2D eigenvalue weighted by molar-refractivity contribution is 6.32. The molecule has 0 aromatic heterocycles. The zero-order valence-electron chi connectivity index (χ0n) is 11.0. The Labute approximate surface area is 113 Å².